The second-order valence-electron chi connectivity index (χ2n) is 15.6. The van der Waals surface area contributed by atoms with Gasteiger partial charge < -0.3 is 44.7 Å². The van der Waals surface area contributed by atoms with Crippen molar-refractivity contribution in [2.45, 2.75) is 92.5 Å². The molecule has 9 atom stereocenters. The number of aryl methyl sites for hydroxylation is 1. The number of Topliss-reactive ketones (excluding diaryl/α,β-unsaturated/α-hetero) is 1. The highest BCUT2D eigenvalue weighted by Gasteiger charge is 2.50. The number of phenols is 2. The number of rotatable bonds is 2. The molecule has 4 heterocycles. The molecule has 57 heavy (non-hydrogen) atoms. The van der Waals surface area contributed by atoms with Crippen LogP contribution in [0.2, 0.25) is 0 Å². The van der Waals surface area contributed by atoms with Crippen molar-refractivity contribution >= 4 is 50.8 Å². The van der Waals surface area contributed by atoms with Crippen LogP contribution in [0.5, 0.6) is 17.2 Å². The molecule has 14 nitrogen and oxygen atoms in total. The third kappa shape index (κ3) is 7.10. The lowest BCUT2D eigenvalue weighted by molar-refractivity contribution is -0.160. The van der Waals surface area contributed by atoms with E-state index in [-0.39, 0.29) is 55.7 Å². The first-order valence-corrected chi connectivity index (χ1v) is 19.0. The molecule has 6 rings (SSSR count). The zero-order valence-corrected chi connectivity index (χ0v) is 33.8. The van der Waals surface area contributed by atoms with E-state index in [2.05, 4.69) is 5.32 Å². The summed E-state index contributed by atoms with van der Waals surface area (Å²) in [6.45, 7) is 14.7. The van der Waals surface area contributed by atoms with Crippen LogP contribution in [0.15, 0.2) is 54.5 Å². The largest absolute Gasteiger partial charge is 0.507 e. The van der Waals surface area contributed by atoms with E-state index in [9.17, 15) is 34.8 Å². The van der Waals surface area contributed by atoms with Crippen molar-refractivity contribution in [3.63, 3.8) is 0 Å². The molecule has 0 unspecified atom stereocenters. The highest BCUT2D eigenvalue weighted by molar-refractivity contribution is 6.28. The first kappa shape index (κ1) is 41.2. The molecule has 0 saturated carbocycles. The maximum atomic E-state index is 14.6. The van der Waals surface area contributed by atoms with Crippen LogP contribution in [0.3, 0.4) is 0 Å². The Morgan fingerprint density at radius 2 is 1.68 bits per heavy atom. The summed E-state index contributed by atoms with van der Waals surface area (Å²) in [7, 11) is 1.46. The Morgan fingerprint density at radius 3 is 2.35 bits per heavy atom. The fourth-order valence-electron chi connectivity index (χ4n) is 8.03. The molecular formula is C43H51N3O11. The SMILES string of the molecule is CO[C@@H]1/C=C\O[C@@]2(C)Oc3c(C)c(O)c4c(O)c(c5c(nc6cc(C)ccn65)c4c3C2=O)NC(=O)/C(C)=C\C=C/[C@H](C)[C@H](O)[C@H](C)[C@H](O)[C@H](C)[C@@H](OC(C)=O)[C@H]1C. The quantitative estimate of drug-likeness (QED) is 0.115. The number of anilines is 1. The summed E-state index contributed by atoms with van der Waals surface area (Å²) in [5.74, 6) is -6.96. The van der Waals surface area contributed by atoms with Crippen LogP contribution in [-0.4, -0.2) is 84.8 Å². The van der Waals surface area contributed by atoms with Gasteiger partial charge in [-0.3, -0.25) is 18.8 Å². The van der Waals surface area contributed by atoms with Crippen molar-refractivity contribution in [2.24, 2.45) is 23.7 Å². The number of hydrogen-bond donors (Lipinski definition) is 5. The third-order valence-electron chi connectivity index (χ3n) is 11.5. The predicted molar refractivity (Wildman–Crippen MR) is 213 cm³/mol. The Balaban J connectivity index is 1.58. The summed E-state index contributed by atoms with van der Waals surface area (Å²) in [5.41, 5.74) is 2.18. The number of nitrogens with zero attached hydrogens (tertiary/aromatic N) is 2. The van der Waals surface area contributed by atoms with Gasteiger partial charge in [0.25, 0.3) is 11.7 Å². The van der Waals surface area contributed by atoms with E-state index in [1.165, 1.54) is 40.2 Å². The average molecular weight is 786 g/mol. The number of carbonyl (C=O) groups is 3. The van der Waals surface area contributed by atoms with Crippen molar-refractivity contribution < 1.29 is 53.8 Å². The van der Waals surface area contributed by atoms with E-state index in [1.54, 1.807) is 63.4 Å². The number of amides is 1. The molecule has 2 aromatic heterocycles. The molecule has 0 radical (unpaired) electrons. The number of allylic oxidation sites excluding steroid dienone is 2. The molecule has 2 aliphatic heterocycles. The minimum absolute atomic E-state index is 0.0185. The van der Waals surface area contributed by atoms with Crippen LogP contribution >= 0.6 is 0 Å². The maximum Gasteiger partial charge on any atom is 0.312 e. The van der Waals surface area contributed by atoms with E-state index >= 15 is 0 Å². The number of fused-ring (bicyclic) bond motifs is 2. The van der Waals surface area contributed by atoms with Crippen molar-refractivity contribution in [3.05, 3.63) is 71.2 Å². The number of esters is 1. The Kier molecular flexibility index (Phi) is 11.2. The number of hydrogen-bond acceptors (Lipinski definition) is 12. The summed E-state index contributed by atoms with van der Waals surface area (Å²) in [4.78, 5) is 45.6. The van der Waals surface area contributed by atoms with Gasteiger partial charge in [0, 0.05) is 67.3 Å². The number of imidazole rings is 1. The number of aromatic nitrogens is 2. The van der Waals surface area contributed by atoms with E-state index in [4.69, 9.17) is 23.9 Å². The number of carbonyl (C=O) groups excluding carboxylic acids is 3. The molecule has 14 heteroatoms. The molecule has 304 valence electrons. The van der Waals surface area contributed by atoms with Crippen LogP contribution in [0.1, 0.15) is 70.0 Å². The predicted octanol–water partition coefficient (Wildman–Crippen LogP) is 6.16. The van der Waals surface area contributed by atoms with Gasteiger partial charge in [-0.1, -0.05) is 45.9 Å². The van der Waals surface area contributed by atoms with Gasteiger partial charge in [0.2, 0.25) is 0 Å². The smallest absolute Gasteiger partial charge is 0.312 e. The van der Waals surface area contributed by atoms with Gasteiger partial charge in [-0.25, -0.2) is 4.98 Å². The van der Waals surface area contributed by atoms with Gasteiger partial charge in [-0.2, -0.15) is 0 Å². The van der Waals surface area contributed by atoms with Crippen molar-refractivity contribution in [2.75, 3.05) is 12.4 Å². The molecule has 0 saturated heterocycles. The first-order chi connectivity index (χ1) is 26.8. The van der Waals surface area contributed by atoms with Crippen LogP contribution in [0, 0.1) is 37.5 Å². The first-order valence-electron chi connectivity index (χ1n) is 19.0. The summed E-state index contributed by atoms with van der Waals surface area (Å²) < 4.78 is 25.5. The van der Waals surface area contributed by atoms with Crippen LogP contribution in [-0.2, 0) is 23.8 Å². The topological polar surface area (TPSA) is 198 Å². The molecule has 0 fully saturated rings. The molecule has 4 bridgehead atoms. The average Bonchev–Trinajstić information content (AvgIpc) is 3.67. The summed E-state index contributed by atoms with van der Waals surface area (Å²) in [6, 6.07) is 3.64. The van der Waals surface area contributed by atoms with E-state index in [0.717, 1.165) is 5.56 Å². The molecular weight excluding hydrogens is 734 g/mol. The Morgan fingerprint density at radius 1 is 0.982 bits per heavy atom. The Labute approximate surface area is 330 Å². The van der Waals surface area contributed by atoms with Gasteiger partial charge in [-0.15, -0.1) is 0 Å². The molecule has 2 aromatic carbocycles. The summed E-state index contributed by atoms with van der Waals surface area (Å²) in [5, 5.41) is 49.4. The van der Waals surface area contributed by atoms with Crippen LogP contribution < -0.4 is 10.1 Å². The van der Waals surface area contributed by atoms with Gasteiger partial charge in [0.05, 0.1) is 35.5 Å². The number of phenolic OH excluding ortho intramolecular Hbond substituents is 2. The van der Waals surface area contributed by atoms with Gasteiger partial charge in [-0.05, 0) is 44.5 Å². The molecule has 0 spiro atoms. The number of benzene rings is 2. The number of aliphatic hydroxyl groups is 2. The van der Waals surface area contributed by atoms with Crippen molar-refractivity contribution in [3.8, 4) is 17.2 Å². The molecule has 5 N–H and O–H groups in total. The standard InChI is InChI=1S/C43H51N3O11/c1-19-14-16-46-28(18-19)44-32-29-30-37(50)25(7)40-31(29)41(52)43(9,57-40)55-17-15-27(54-10)22(4)39(56-26(8)47)24(6)36(49)23(5)35(48)20(2)12-11-13-21(3)42(53)45-33(34(32)46)38(30)51/h11-18,20,22-24,27,35-36,39,48-51H,1-10H3,(H,45,53)/b12-11-,17-15-,21-13-/t20-,22-,23-,24-,27+,35-,36-,39-,43-/m0/s1. The number of pyridine rings is 1. The van der Waals surface area contributed by atoms with Gasteiger partial charge in [0.1, 0.15) is 40.0 Å². The zero-order chi connectivity index (χ0) is 41.8. The molecule has 4 aromatic rings. The van der Waals surface area contributed by atoms with Crippen molar-refractivity contribution in [1.29, 1.82) is 0 Å². The summed E-state index contributed by atoms with van der Waals surface area (Å²) in [6.07, 6.45) is 5.62. The van der Waals surface area contributed by atoms with Crippen molar-refractivity contribution in [1.82, 2.24) is 9.38 Å². The van der Waals surface area contributed by atoms with E-state index in [0.29, 0.717) is 5.65 Å². The number of nitrogens with one attached hydrogen (secondary N) is 1. The minimum atomic E-state index is -1.96. The monoisotopic (exact) mass is 785 g/mol. The van der Waals surface area contributed by atoms with E-state index in [1.807, 2.05) is 19.1 Å². The minimum Gasteiger partial charge on any atom is -0.507 e. The number of ether oxygens (including phenoxy) is 4. The lowest BCUT2D eigenvalue weighted by Crippen LogP contribution is -2.46. The normalized spacial score (nSPS) is 30.8. The zero-order valence-electron chi connectivity index (χ0n) is 33.8. The fourth-order valence-corrected chi connectivity index (χ4v) is 8.03. The van der Waals surface area contributed by atoms with E-state index < -0.39 is 77.3 Å². The Hall–Kier alpha value is -5.44. The number of ketones is 1. The summed E-state index contributed by atoms with van der Waals surface area (Å²) >= 11 is 0. The second-order valence-corrected chi connectivity index (χ2v) is 15.6. The molecule has 0 aliphatic carbocycles. The number of aliphatic hydroxyl groups excluding tert-OH is 2. The third-order valence-corrected chi connectivity index (χ3v) is 11.5. The van der Waals surface area contributed by atoms with Crippen LogP contribution in [0.25, 0.3) is 27.5 Å². The van der Waals surface area contributed by atoms with Gasteiger partial charge in [0.15, 0.2) is 5.75 Å². The number of aromatic hydroxyl groups is 2. The molecule has 2 aliphatic rings. The maximum absolute atomic E-state index is 14.6. The highest BCUT2D eigenvalue weighted by Crippen LogP contribution is 2.54. The highest BCUT2D eigenvalue weighted by atomic mass is 16.7. The molecule has 1 amide bonds. The Bertz CT molecular complexity index is 2380. The second kappa shape index (κ2) is 15.5. The fraction of sp³-hybridized carbons (Fsp3) is 0.442. The van der Waals surface area contributed by atoms with Gasteiger partial charge >= 0.3 is 11.8 Å². The van der Waals surface area contributed by atoms with Crippen LogP contribution in [0.4, 0.5) is 5.69 Å². The number of methoxy groups -OCH3 is 1. The lowest BCUT2D eigenvalue weighted by atomic mass is 9.78. The lowest BCUT2D eigenvalue weighted by Gasteiger charge is -2.38.